The quantitative estimate of drug-likeness (QED) is 0.524. The van der Waals surface area contributed by atoms with Gasteiger partial charge in [0.15, 0.2) is 5.16 Å². The fourth-order valence-electron chi connectivity index (χ4n) is 4.38. The summed E-state index contributed by atoms with van der Waals surface area (Å²) in [6.45, 7) is 4.04. The van der Waals surface area contributed by atoms with E-state index in [1.54, 1.807) is 6.20 Å². The molecular weight excluding hydrogens is 414 g/mol. The van der Waals surface area contributed by atoms with Crippen molar-refractivity contribution in [2.75, 3.05) is 17.7 Å². The third-order valence-corrected chi connectivity index (χ3v) is 6.87. The predicted molar refractivity (Wildman–Crippen MR) is 118 cm³/mol. The molecule has 3 heterocycles. The topological polar surface area (TPSA) is 102 Å². The number of hydrogen-bond donors (Lipinski definition) is 1. The van der Waals surface area contributed by atoms with E-state index in [0.29, 0.717) is 29.6 Å². The van der Waals surface area contributed by atoms with Crippen LogP contribution >= 0.6 is 11.8 Å². The first kappa shape index (κ1) is 21.7. The van der Waals surface area contributed by atoms with Crippen molar-refractivity contribution in [3.8, 4) is 6.07 Å². The van der Waals surface area contributed by atoms with Crippen molar-refractivity contribution >= 4 is 23.5 Å². The van der Waals surface area contributed by atoms with Gasteiger partial charge in [-0.25, -0.2) is 0 Å². The number of anilines is 1. The number of hydrogen-bond acceptors (Lipinski definition) is 6. The SMILES string of the molecule is CCn1ccc(=O)nc1SCC(=O)Nc1c(C#N)c2c(n1CC1CCCO1)CCCC2. The van der Waals surface area contributed by atoms with E-state index in [2.05, 4.69) is 20.9 Å². The molecule has 1 fully saturated rings. The molecule has 4 rings (SSSR count). The molecule has 164 valence electrons. The molecule has 9 heteroatoms. The van der Waals surface area contributed by atoms with Crippen LogP contribution in [0.15, 0.2) is 22.2 Å². The lowest BCUT2D eigenvalue weighted by Crippen LogP contribution is -2.23. The van der Waals surface area contributed by atoms with Gasteiger partial charge in [-0.3, -0.25) is 9.59 Å². The zero-order chi connectivity index (χ0) is 21.8. The van der Waals surface area contributed by atoms with Crippen molar-refractivity contribution in [1.82, 2.24) is 14.1 Å². The Labute approximate surface area is 185 Å². The fourth-order valence-corrected chi connectivity index (χ4v) is 5.22. The van der Waals surface area contributed by atoms with Crippen LogP contribution in [0, 0.1) is 11.3 Å². The maximum absolute atomic E-state index is 12.8. The van der Waals surface area contributed by atoms with Crippen molar-refractivity contribution in [3.63, 3.8) is 0 Å². The van der Waals surface area contributed by atoms with Crippen LogP contribution < -0.4 is 10.9 Å². The highest BCUT2D eigenvalue weighted by Crippen LogP contribution is 2.34. The summed E-state index contributed by atoms with van der Waals surface area (Å²) in [4.78, 5) is 28.5. The van der Waals surface area contributed by atoms with Crippen LogP contribution in [-0.4, -0.2) is 38.5 Å². The van der Waals surface area contributed by atoms with Crippen molar-refractivity contribution in [1.29, 1.82) is 5.26 Å². The summed E-state index contributed by atoms with van der Waals surface area (Å²) in [7, 11) is 0. The largest absolute Gasteiger partial charge is 0.376 e. The third-order valence-electron chi connectivity index (χ3n) is 5.87. The van der Waals surface area contributed by atoms with Gasteiger partial charge in [-0.15, -0.1) is 0 Å². The second-order valence-electron chi connectivity index (χ2n) is 7.88. The number of ether oxygens (including phenoxy) is 1. The number of nitrogens with one attached hydrogen (secondary N) is 1. The van der Waals surface area contributed by atoms with Crippen LogP contribution in [0.2, 0.25) is 0 Å². The Hall–Kier alpha value is -2.57. The summed E-state index contributed by atoms with van der Waals surface area (Å²) in [6, 6.07) is 3.74. The van der Waals surface area contributed by atoms with Crippen LogP contribution in [-0.2, 0) is 35.5 Å². The van der Waals surface area contributed by atoms with Crippen LogP contribution in [0.25, 0.3) is 0 Å². The first-order chi connectivity index (χ1) is 15.1. The molecule has 0 saturated carbocycles. The molecule has 8 nitrogen and oxygen atoms in total. The van der Waals surface area contributed by atoms with Gasteiger partial charge in [-0.05, 0) is 51.0 Å². The molecule has 1 saturated heterocycles. The number of aromatic nitrogens is 3. The maximum Gasteiger partial charge on any atom is 0.273 e. The highest BCUT2D eigenvalue weighted by molar-refractivity contribution is 7.99. The van der Waals surface area contributed by atoms with E-state index in [-0.39, 0.29) is 23.3 Å². The summed E-state index contributed by atoms with van der Waals surface area (Å²) in [5.41, 5.74) is 2.48. The number of nitriles is 1. The van der Waals surface area contributed by atoms with Gasteiger partial charge in [0.25, 0.3) is 5.56 Å². The Kier molecular flexibility index (Phi) is 6.78. The molecule has 2 aromatic heterocycles. The molecule has 1 amide bonds. The first-order valence-electron chi connectivity index (χ1n) is 10.9. The number of carbonyl (C=O) groups excluding carboxylic acids is 1. The molecule has 0 aromatic carbocycles. The Morgan fingerprint density at radius 3 is 2.97 bits per heavy atom. The summed E-state index contributed by atoms with van der Waals surface area (Å²) < 4.78 is 9.77. The minimum Gasteiger partial charge on any atom is -0.376 e. The summed E-state index contributed by atoms with van der Waals surface area (Å²) in [5, 5.41) is 13.4. The lowest BCUT2D eigenvalue weighted by molar-refractivity contribution is -0.113. The van der Waals surface area contributed by atoms with E-state index in [4.69, 9.17) is 4.74 Å². The van der Waals surface area contributed by atoms with E-state index >= 15 is 0 Å². The fraction of sp³-hybridized carbons (Fsp3) is 0.545. The zero-order valence-electron chi connectivity index (χ0n) is 17.7. The maximum atomic E-state index is 12.8. The molecule has 1 aliphatic carbocycles. The van der Waals surface area contributed by atoms with Crippen molar-refractivity contribution in [2.24, 2.45) is 0 Å². The van der Waals surface area contributed by atoms with Gasteiger partial charge in [0.2, 0.25) is 5.91 Å². The normalized spacial score (nSPS) is 17.9. The molecule has 1 N–H and O–H groups in total. The van der Waals surface area contributed by atoms with E-state index in [1.165, 1.54) is 17.8 Å². The van der Waals surface area contributed by atoms with Crippen molar-refractivity contribution < 1.29 is 9.53 Å². The number of amides is 1. The van der Waals surface area contributed by atoms with Crippen LogP contribution in [0.3, 0.4) is 0 Å². The molecular formula is C22H27N5O3S. The smallest absolute Gasteiger partial charge is 0.273 e. The second kappa shape index (κ2) is 9.71. The number of fused-ring (bicyclic) bond motifs is 1. The number of thioether (sulfide) groups is 1. The van der Waals surface area contributed by atoms with Crippen molar-refractivity contribution in [3.05, 3.63) is 39.4 Å². The van der Waals surface area contributed by atoms with Crippen molar-refractivity contribution in [2.45, 2.75) is 69.8 Å². The third kappa shape index (κ3) is 4.70. The van der Waals surface area contributed by atoms with E-state index < -0.39 is 0 Å². The van der Waals surface area contributed by atoms with Crippen LogP contribution in [0.5, 0.6) is 0 Å². The standard InChI is InChI=1S/C22H27N5O3S/c1-2-26-10-9-19(28)25-22(26)31-14-20(29)24-21-17(12-23)16-7-3-4-8-18(16)27(21)13-15-6-5-11-30-15/h9-10,15H,2-8,11,13-14H2,1H3,(H,24,29). The Morgan fingerprint density at radius 1 is 1.39 bits per heavy atom. The number of nitrogens with zero attached hydrogens (tertiary/aromatic N) is 4. The lowest BCUT2D eigenvalue weighted by atomic mass is 9.95. The molecule has 1 aliphatic heterocycles. The molecule has 1 atom stereocenters. The van der Waals surface area contributed by atoms with E-state index in [0.717, 1.165) is 56.4 Å². The minimum absolute atomic E-state index is 0.108. The number of carbonyl (C=O) groups is 1. The van der Waals surface area contributed by atoms with Gasteiger partial charge in [0.05, 0.1) is 24.0 Å². The van der Waals surface area contributed by atoms with Crippen LogP contribution in [0.1, 0.15) is 49.4 Å². The van der Waals surface area contributed by atoms with Gasteiger partial charge in [-0.1, -0.05) is 11.8 Å². The van der Waals surface area contributed by atoms with E-state index in [9.17, 15) is 14.9 Å². The second-order valence-corrected chi connectivity index (χ2v) is 8.83. The highest BCUT2D eigenvalue weighted by Gasteiger charge is 2.28. The molecule has 2 aromatic rings. The summed E-state index contributed by atoms with van der Waals surface area (Å²) in [5.74, 6) is 0.479. The minimum atomic E-state index is -0.322. The van der Waals surface area contributed by atoms with Gasteiger partial charge < -0.3 is 19.2 Å². The molecule has 0 radical (unpaired) electrons. The summed E-state index contributed by atoms with van der Waals surface area (Å²) >= 11 is 1.22. The number of aryl methyl sites for hydroxylation is 1. The molecule has 1 unspecified atom stereocenters. The number of rotatable bonds is 7. The predicted octanol–water partition coefficient (Wildman–Crippen LogP) is 2.72. The Morgan fingerprint density at radius 2 is 2.23 bits per heavy atom. The van der Waals surface area contributed by atoms with Gasteiger partial charge >= 0.3 is 0 Å². The van der Waals surface area contributed by atoms with Gasteiger partial charge in [0.1, 0.15) is 11.9 Å². The van der Waals surface area contributed by atoms with E-state index in [1.807, 2.05) is 11.5 Å². The van der Waals surface area contributed by atoms with Crippen LogP contribution in [0.4, 0.5) is 5.82 Å². The monoisotopic (exact) mass is 441 g/mol. The lowest BCUT2D eigenvalue weighted by Gasteiger charge is -2.20. The average molecular weight is 442 g/mol. The van der Waals surface area contributed by atoms with Gasteiger partial charge in [-0.2, -0.15) is 10.2 Å². The molecule has 2 aliphatic rings. The molecule has 31 heavy (non-hydrogen) atoms. The first-order valence-corrected chi connectivity index (χ1v) is 11.8. The molecule has 0 spiro atoms. The summed E-state index contributed by atoms with van der Waals surface area (Å²) in [6.07, 6.45) is 7.76. The molecule has 0 bridgehead atoms. The Bertz CT molecular complexity index is 1060. The highest BCUT2D eigenvalue weighted by atomic mass is 32.2. The van der Waals surface area contributed by atoms with Gasteiger partial charge in [0, 0.05) is 31.1 Å². The average Bonchev–Trinajstić information content (AvgIpc) is 3.39. The zero-order valence-corrected chi connectivity index (χ0v) is 18.5. The Balaban J connectivity index is 1.56.